The molecule has 184 valence electrons. The summed E-state index contributed by atoms with van der Waals surface area (Å²) in [6.07, 6.45) is 2.79. The van der Waals surface area contributed by atoms with Gasteiger partial charge in [-0.15, -0.1) is 11.8 Å². The molecule has 3 rings (SSSR count). The summed E-state index contributed by atoms with van der Waals surface area (Å²) in [4.78, 5) is 30.0. The minimum atomic E-state index is -0.566. The molecule has 4 nitrogen and oxygen atoms in total. The summed E-state index contributed by atoms with van der Waals surface area (Å²) >= 11 is 1.67. The van der Waals surface area contributed by atoms with Crippen LogP contribution in [0.2, 0.25) is 0 Å². The van der Waals surface area contributed by atoms with Gasteiger partial charge in [-0.25, -0.2) is 0 Å². The first-order chi connectivity index (χ1) is 17.1. The Labute approximate surface area is 214 Å². The zero-order chi connectivity index (χ0) is 24.9. The van der Waals surface area contributed by atoms with Gasteiger partial charge >= 0.3 is 0 Å². The standard InChI is InChI=1S/C30H36N2O2S/c1-3-4-19-31-30(34)28(22-25-13-7-5-8-14-25)32(23-26-15-11-12-24(2)21-26)29(33)18-20-35-27-16-9-6-10-17-27/h5-17,21,28H,3-4,18-20,22-23H2,1-2H3,(H,31,34)/t28-/m1/s1. The maximum atomic E-state index is 13.6. The molecular formula is C30H36N2O2S. The number of thioether (sulfide) groups is 1. The lowest BCUT2D eigenvalue weighted by molar-refractivity contribution is -0.141. The molecule has 2 amide bonds. The van der Waals surface area contributed by atoms with Gasteiger partial charge in [0.05, 0.1) is 0 Å². The molecule has 0 bridgehead atoms. The van der Waals surface area contributed by atoms with E-state index in [2.05, 4.69) is 30.4 Å². The number of rotatable bonds is 13. The Kier molecular flexibility index (Phi) is 10.9. The Morgan fingerprint density at radius 1 is 0.914 bits per heavy atom. The van der Waals surface area contributed by atoms with Crippen molar-refractivity contribution < 1.29 is 9.59 Å². The van der Waals surface area contributed by atoms with Crippen molar-refractivity contribution in [2.24, 2.45) is 0 Å². The van der Waals surface area contributed by atoms with Crippen molar-refractivity contribution in [2.45, 2.75) is 57.0 Å². The molecule has 3 aromatic carbocycles. The third-order valence-corrected chi connectivity index (χ3v) is 6.88. The van der Waals surface area contributed by atoms with Crippen LogP contribution in [0.25, 0.3) is 0 Å². The van der Waals surface area contributed by atoms with E-state index < -0.39 is 6.04 Å². The van der Waals surface area contributed by atoms with Crippen LogP contribution in [-0.2, 0) is 22.6 Å². The number of nitrogens with one attached hydrogen (secondary N) is 1. The summed E-state index contributed by atoms with van der Waals surface area (Å²) in [5.74, 6) is 0.586. The molecule has 0 aliphatic heterocycles. The van der Waals surface area contributed by atoms with Gasteiger partial charge in [0.25, 0.3) is 0 Å². The van der Waals surface area contributed by atoms with Crippen LogP contribution < -0.4 is 5.32 Å². The molecule has 1 atom stereocenters. The number of nitrogens with zero attached hydrogens (tertiary/aromatic N) is 1. The Hall–Kier alpha value is -3.05. The number of benzene rings is 3. The molecule has 35 heavy (non-hydrogen) atoms. The second-order valence-electron chi connectivity index (χ2n) is 8.77. The molecule has 0 unspecified atom stereocenters. The van der Waals surface area contributed by atoms with Crippen molar-refractivity contribution in [3.8, 4) is 0 Å². The van der Waals surface area contributed by atoms with Crippen LogP contribution in [0.15, 0.2) is 89.8 Å². The molecule has 1 N–H and O–H groups in total. The zero-order valence-electron chi connectivity index (χ0n) is 20.8. The van der Waals surface area contributed by atoms with Crippen molar-refractivity contribution in [3.63, 3.8) is 0 Å². The van der Waals surface area contributed by atoms with E-state index in [0.29, 0.717) is 31.7 Å². The Morgan fingerprint density at radius 2 is 1.60 bits per heavy atom. The zero-order valence-corrected chi connectivity index (χ0v) is 21.6. The fourth-order valence-corrected chi connectivity index (χ4v) is 4.85. The summed E-state index contributed by atoms with van der Waals surface area (Å²) in [6.45, 7) is 5.18. The third-order valence-electron chi connectivity index (χ3n) is 5.86. The van der Waals surface area contributed by atoms with E-state index in [4.69, 9.17) is 0 Å². The van der Waals surface area contributed by atoms with Crippen molar-refractivity contribution in [3.05, 3.63) is 102 Å². The lowest BCUT2D eigenvalue weighted by Crippen LogP contribution is -2.50. The van der Waals surface area contributed by atoms with Crippen molar-refractivity contribution in [1.82, 2.24) is 10.2 Å². The van der Waals surface area contributed by atoms with E-state index in [9.17, 15) is 9.59 Å². The summed E-state index contributed by atoms with van der Waals surface area (Å²) in [6, 6.07) is 27.7. The predicted octanol–water partition coefficient (Wildman–Crippen LogP) is 6.03. The van der Waals surface area contributed by atoms with E-state index >= 15 is 0 Å². The summed E-state index contributed by atoms with van der Waals surface area (Å²) in [5.41, 5.74) is 3.22. The number of hydrogen-bond acceptors (Lipinski definition) is 3. The van der Waals surface area contributed by atoms with Gasteiger partial charge in [0.1, 0.15) is 6.04 Å². The van der Waals surface area contributed by atoms with Gasteiger partial charge in [-0.3, -0.25) is 9.59 Å². The number of carbonyl (C=O) groups is 2. The maximum absolute atomic E-state index is 13.6. The molecule has 0 aromatic heterocycles. The molecule has 0 saturated heterocycles. The third kappa shape index (κ3) is 8.91. The van der Waals surface area contributed by atoms with E-state index in [0.717, 1.165) is 34.4 Å². The highest BCUT2D eigenvalue weighted by molar-refractivity contribution is 7.99. The van der Waals surface area contributed by atoms with Crippen molar-refractivity contribution in [2.75, 3.05) is 12.3 Å². The first kappa shape index (κ1) is 26.6. The van der Waals surface area contributed by atoms with Gasteiger partial charge in [0, 0.05) is 36.6 Å². The van der Waals surface area contributed by atoms with Crippen LogP contribution in [-0.4, -0.2) is 35.1 Å². The van der Waals surface area contributed by atoms with Crippen LogP contribution in [0.4, 0.5) is 0 Å². The van der Waals surface area contributed by atoms with Gasteiger partial charge in [-0.2, -0.15) is 0 Å². The average Bonchev–Trinajstić information content (AvgIpc) is 2.87. The molecule has 0 aliphatic carbocycles. The van der Waals surface area contributed by atoms with Crippen molar-refractivity contribution in [1.29, 1.82) is 0 Å². The Balaban J connectivity index is 1.83. The fourth-order valence-electron chi connectivity index (χ4n) is 3.98. The Morgan fingerprint density at radius 3 is 2.29 bits per heavy atom. The number of hydrogen-bond donors (Lipinski definition) is 1. The predicted molar refractivity (Wildman–Crippen MR) is 145 cm³/mol. The SMILES string of the molecule is CCCCNC(=O)[C@@H](Cc1ccccc1)N(Cc1cccc(C)c1)C(=O)CCSc1ccccc1. The highest BCUT2D eigenvalue weighted by Gasteiger charge is 2.30. The van der Waals surface area contributed by atoms with E-state index in [1.807, 2.05) is 73.7 Å². The molecule has 5 heteroatoms. The quantitative estimate of drug-likeness (QED) is 0.236. The van der Waals surface area contributed by atoms with E-state index in [1.165, 1.54) is 0 Å². The number of carbonyl (C=O) groups excluding carboxylic acids is 2. The largest absolute Gasteiger partial charge is 0.354 e. The van der Waals surface area contributed by atoms with Gasteiger partial charge in [-0.1, -0.05) is 91.7 Å². The smallest absolute Gasteiger partial charge is 0.243 e. The van der Waals surface area contributed by atoms with E-state index in [-0.39, 0.29) is 11.8 Å². The first-order valence-electron chi connectivity index (χ1n) is 12.4. The van der Waals surface area contributed by atoms with Gasteiger partial charge in [0.2, 0.25) is 11.8 Å². The summed E-state index contributed by atoms with van der Waals surface area (Å²) in [7, 11) is 0. The number of amides is 2. The van der Waals surface area contributed by atoms with Gasteiger partial charge < -0.3 is 10.2 Å². The second kappa shape index (κ2) is 14.4. The van der Waals surface area contributed by atoms with Crippen LogP contribution in [0.3, 0.4) is 0 Å². The molecule has 0 aliphatic rings. The normalized spacial score (nSPS) is 11.6. The molecular weight excluding hydrogens is 452 g/mol. The minimum Gasteiger partial charge on any atom is -0.354 e. The molecule has 0 heterocycles. The maximum Gasteiger partial charge on any atom is 0.243 e. The lowest BCUT2D eigenvalue weighted by Gasteiger charge is -2.31. The number of aryl methyl sites for hydroxylation is 1. The topological polar surface area (TPSA) is 49.4 Å². The fraction of sp³-hybridized carbons (Fsp3) is 0.333. The highest BCUT2D eigenvalue weighted by Crippen LogP contribution is 2.21. The second-order valence-corrected chi connectivity index (χ2v) is 9.94. The molecule has 0 fully saturated rings. The van der Waals surface area contributed by atoms with E-state index in [1.54, 1.807) is 16.7 Å². The molecule has 0 radical (unpaired) electrons. The first-order valence-corrected chi connectivity index (χ1v) is 13.4. The average molecular weight is 489 g/mol. The molecule has 0 saturated carbocycles. The van der Waals surface area contributed by atoms with Crippen LogP contribution >= 0.6 is 11.8 Å². The van der Waals surface area contributed by atoms with Crippen molar-refractivity contribution >= 4 is 23.6 Å². The van der Waals surface area contributed by atoms with Crippen LogP contribution in [0.1, 0.15) is 42.9 Å². The Bertz CT molecular complexity index is 1060. The lowest BCUT2D eigenvalue weighted by atomic mass is 10.0. The summed E-state index contributed by atoms with van der Waals surface area (Å²) in [5, 5.41) is 3.08. The highest BCUT2D eigenvalue weighted by atomic mass is 32.2. The van der Waals surface area contributed by atoms with Crippen LogP contribution in [0, 0.1) is 6.92 Å². The van der Waals surface area contributed by atoms with Crippen LogP contribution in [0.5, 0.6) is 0 Å². The summed E-state index contributed by atoms with van der Waals surface area (Å²) < 4.78 is 0. The monoisotopic (exact) mass is 488 g/mol. The number of unbranched alkanes of at least 4 members (excludes halogenated alkanes) is 1. The van der Waals surface area contributed by atoms with Gasteiger partial charge in [0.15, 0.2) is 0 Å². The molecule has 3 aromatic rings. The van der Waals surface area contributed by atoms with Gasteiger partial charge in [-0.05, 0) is 36.6 Å². The molecule has 0 spiro atoms. The minimum absolute atomic E-state index is 0.00140.